The first-order chi connectivity index (χ1) is 13.5. The van der Waals surface area contributed by atoms with Crippen LogP contribution in [0.15, 0.2) is 35.5 Å². The molecule has 1 aliphatic carbocycles. The number of rotatable bonds is 13. The third kappa shape index (κ3) is 6.95. The number of aliphatic carboxylic acids is 1. The molecular weight excluding hydrogens is 345 g/mol. The van der Waals surface area contributed by atoms with Crippen LogP contribution >= 0.6 is 0 Å². The highest BCUT2D eigenvalue weighted by atomic mass is 16.4. The van der Waals surface area contributed by atoms with Crippen molar-refractivity contribution in [2.75, 3.05) is 19.6 Å². The lowest BCUT2D eigenvalue weighted by molar-refractivity contribution is -0.132. The molecule has 0 bridgehead atoms. The molecular formula is C24H40BNO2. The van der Waals surface area contributed by atoms with E-state index in [4.69, 9.17) is 0 Å². The van der Waals surface area contributed by atoms with Gasteiger partial charge in [0.05, 0.1) is 5.57 Å². The normalized spacial score (nSPS) is 26.5. The van der Waals surface area contributed by atoms with Gasteiger partial charge in [0, 0.05) is 13.1 Å². The van der Waals surface area contributed by atoms with E-state index in [2.05, 4.69) is 37.8 Å². The average Bonchev–Trinajstić information content (AvgIpc) is 3.20. The van der Waals surface area contributed by atoms with Crippen molar-refractivity contribution in [3.8, 4) is 0 Å². The molecule has 0 radical (unpaired) electrons. The summed E-state index contributed by atoms with van der Waals surface area (Å²) in [6.07, 6.45) is 14.4. The zero-order valence-corrected chi connectivity index (χ0v) is 18.5. The Hall–Kier alpha value is -1.29. The summed E-state index contributed by atoms with van der Waals surface area (Å²) in [5.41, 5.74) is 1.58. The van der Waals surface area contributed by atoms with E-state index in [1.807, 2.05) is 19.1 Å². The zero-order chi connectivity index (χ0) is 20.5. The molecule has 2 atom stereocenters. The summed E-state index contributed by atoms with van der Waals surface area (Å²) < 4.78 is 0. The van der Waals surface area contributed by atoms with Crippen LogP contribution < -0.4 is 0 Å². The Bertz CT molecular complexity index is 581. The first-order valence-corrected chi connectivity index (χ1v) is 11.4. The van der Waals surface area contributed by atoms with Crippen molar-refractivity contribution in [2.45, 2.75) is 71.9 Å². The summed E-state index contributed by atoms with van der Waals surface area (Å²) in [7, 11) is 1.12. The molecule has 1 aliphatic heterocycles. The van der Waals surface area contributed by atoms with Gasteiger partial charge in [-0.25, -0.2) is 4.79 Å². The minimum absolute atomic E-state index is 0.548. The third-order valence-corrected chi connectivity index (χ3v) is 6.84. The van der Waals surface area contributed by atoms with Gasteiger partial charge in [0.2, 0.25) is 0 Å². The van der Waals surface area contributed by atoms with Crippen LogP contribution in [0.4, 0.5) is 0 Å². The Morgan fingerprint density at radius 3 is 2.50 bits per heavy atom. The number of hydrogen-bond acceptors (Lipinski definition) is 2. The highest BCUT2D eigenvalue weighted by Crippen LogP contribution is 2.51. The molecule has 2 unspecified atom stereocenters. The summed E-state index contributed by atoms with van der Waals surface area (Å²) in [6, 6.07) is 0. The molecule has 2 fully saturated rings. The van der Waals surface area contributed by atoms with Gasteiger partial charge >= 0.3 is 5.97 Å². The Morgan fingerprint density at radius 1 is 1.21 bits per heavy atom. The van der Waals surface area contributed by atoms with E-state index >= 15 is 0 Å². The van der Waals surface area contributed by atoms with Crippen molar-refractivity contribution >= 4 is 13.2 Å². The molecule has 156 valence electrons. The van der Waals surface area contributed by atoms with Gasteiger partial charge in [0.1, 0.15) is 7.28 Å². The van der Waals surface area contributed by atoms with Crippen molar-refractivity contribution < 1.29 is 9.90 Å². The second-order valence-electron chi connectivity index (χ2n) is 8.93. The highest BCUT2D eigenvalue weighted by Gasteiger charge is 2.42. The van der Waals surface area contributed by atoms with Gasteiger partial charge in [0.15, 0.2) is 0 Å². The van der Waals surface area contributed by atoms with Gasteiger partial charge in [0.25, 0.3) is 0 Å². The van der Waals surface area contributed by atoms with E-state index in [0.29, 0.717) is 5.57 Å². The Labute approximate surface area is 173 Å². The molecule has 0 aromatic heterocycles. The maximum Gasteiger partial charge on any atom is 0.335 e. The van der Waals surface area contributed by atoms with Crippen molar-refractivity contribution in [2.24, 2.45) is 17.8 Å². The van der Waals surface area contributed by atoms with E-state index in [0.717, 1.165) is 62.0 Å². The highest BCUT2D eigenvalue weighted by molar-refractivity contribution is 6.40. The van der Waals surface area contributed by atoms with Crippen molar-refractivity contribution in [1.29, 1.82) is 0 Å². The molecule has 4 heteroatoms. The van der Waals surface area contributed by atoms with Crippen LogP contribution in [0.1, 0.15) is 59.8 Å². The standard InChI is InChI=1S/C24H40BNO2/c1-5-7-8-12-21(15-25-23-18(3)19(23)4)22(24(27)28)13-10-9-11-20-16-26(17-20)14-6-2/h5,7,12-13,18-20,23,25H,6,8-11,14-17H2,1-4H3,(H,27,28)/b7-5-,21-12-,22-13-. The molecule has 0 aromatic carbocycles. The maximum absolute atomic E-state index is 11.9. The topological polar surface area (TPSA) is 40.5 Å². The van der Waals surface area contributed by atoms with Crippen LogP contribution in [0.2, 0.25) is 12.1 Å². The Morgan fingerprint density at radius 2 is 1.93 bits per heavy atom. The predicted molar refractivity (Wildman–Crippen MR) is 121 cm³/mol. The van der Waals surface area contributed by atoms with Crippen molar-refractivity contribution in [3.63, 3.8) is 0 Å². The van der Waals surface area contributed by atoms with Gasteiger partial charge < -0.3 is 10.0 Å². The number of allylic oxidation sites excluding steroid dienone is 4. The van der Waals surface area contributed by atoms with Crippen molar-refractivity contribution in [3.05, 3.63) is 35.5 Å². The lowest BCUT2D eigenvalue weighted by Crippen LogP contribution is -2.46. The van der Waals surface area contributed by atoms with Crippen LogP contribution in [-0.2, 0) is 4.79 Å². The average molecular weight is 385 g/mol. The maximum atomic E-state index is 11.9. The number of carbonyl (C=O) groups is 1. The lowest BCUT2D eigenvalue weighted by atomic mass is 9.64. The summed E-state index contributed by atoms with van der Waals surface area (Å²) >= 11 is 0. The molecule has 2 aliphatic rings. The SMILES string of the molecule is C/C=C\C/C=C(CBC1C(C)C1C)\C(=C\CCCC1CN(CCC)C1)C(=O)O. The first kappa shape index (κ1) is 23.0. The van der Waals surface area contributed by atoms with Crippen LogP contribution in [0, 0.1) is 17.8 Å². The second-order valence-corrected chi connectivity index (χ2v) is 8.93. The number of carboxylic acids is 1. The van der Waals surface area contributed by atoms with Crippen LogP contribution in [-0.4, -0.2) is 42.9 Å². The molecule has 1 saturated heterocycles. The zero-order valence-electron chi connectivity index (χ0n) is 18.5. The fraction of sp³-hybridized carbons (Fsp3) is 0.708. The molecule has 2 rings (SSSR count). The second kappa shape index (κ2) is 11.7. The molecule has 1 heterocycles. The largest absolute Gasteiger partial charge is 0.478 e. The van der Waals surface area contributed by atoms with Gasteiger partial charge in [-0.1, -0.05) is 57.2 Å². The molecule has 1 N–H and O–H groups in total. The minimum Gasteiger partial charge on any atom is -0.478 e. The van der Waals surface area contributed by atoms with Gasteiger partial charge in [-0.15, -0.1) is 0 Å². The molecule has 0 aromatic rings. The molecule has 0 spiro atoms. The number of carboxylic acid groups (broad SMARTS) is 1. The van der Waals surface area contributed by atoms with E-state index < -0.39 is 5.97 Å². The van der Waals surface area contributed by atoms with Crippen LogP contribution in [0.3, 0.4) is 0 Å². The first-order valence-electron chi connectivity index (χ1n) is 11.4. The van der Waals surface area contributed by atoms with E-state index in [-0.39, 0.29) is 0 Å². The monoisotopic (exact) mass is 385 g/mol. The van der Waals surface area contributed by atoms with E-state index in [9.17, 15) is 9.90 Å². The van der Waals surface area contributed by atoms with E-state index in [1.165, 1.54) is 32.5 Å². The van der Waals surface area contributed by atoms with Gasteiger partial charge in [-0.2, -0.15) is 0 Å². The lowest BCUT2D eigenvalue weighted by Gasteiger charge is -2.39. The summed E-state index contributed by atoms with van der Waals surface area (Å²) in [6.45, 7) is 12.6. The van der Waals surface area contributed by atoms with Crippen LogP contribution in [0.25, 0.3) is 0 Å². The van der Waals surface area contributed by atoms with Crippen molar-refractivity contribution in [1.82, 2.24) is 4.90 Å². The summed E-state index contributed by atoms with van der Waals surface area (Å²) in [5, 5.41) is 9.81. The Balaban J connectivity index is 1.87. The van der Waals surface area contributed by atoms with Gasteiger partial charge in [-0.05, 0) is 68.9 Å². The molecule has 1 saturated carbocycles. The van der Waals surface area contributed by atoms with Gasteiger partial charge in [-0.3, -0.25) is 0 Å². The summed E-state index contributed by atoms with van der Waals surface area (Å²) in [4.78, 5) is 14.5. The molecule has 28 heavy (non-hydrogen) atoms. The molecule has 3 nitrogen and oxygen atoms in total. The minimum atomic E-state index is -0.763. The smallest absolute Gasteiger partial charge is 0.335 e. The number of likely N-dealkylation sites (tertiary alicyclic amines) is 1. The predicted octanol–water partition coefficient (Wildman–Crippen LogP) is 5.33. The summed E-state index contributed by atoms with van der Waals surface area (Å²) in [5.74, 6) is 2.41. The number of hydrogen-bond donors (Lipinski definition) is 1. The fourth-order valence-corrected chi connectivity index (χ4v) is 4.67. The number of nitrogens with zero attached hydrogens (tertiary/aromatic N) is 1. The molecule has 0 amide bonds. The van der Waals surface area contributed by atoms with Crippen LogP contribution in [0.5, 0.6) is 0 Å². The third-order valence-electron chi connectivity index (χ3n) is 6.84. The number of unbranched alkanes of at least 4 members (excludes halogenated alkanes) is 1. The van der Waals surface area contributed by atoms with E-state index in [1.54, 1.807) is 0 Å². The Kier molecular flexibility index (Phi) is 9.57. The fourth-order valence-electron chi connectivity index (χ4n) is 4.67. The quantitative estimate of drug-likeness (QED) is 0.153.